The molecule has 0 bridgehead atoms. The number of nitrogens with one attached hydrogen (secondary N) is 3. The van der Waals surface area contributed by atoms with E-state index >= 15 is 0 Å². The minimum atomic E-state index is -0.789. The second-order valence-corrected chi connectivity index (χ2v) is 11.1. The van der Waals surface area contributed by atoms with Gasteiger partial charge in [0.1, 0.15) is 21.9 Å². The summed E-state index contributed by atoms with van der Waals surface area (Å²) in [5, 5.41) is 18.9. The smallest absolute Gasteiger partial charge is 0.262 e. The van der Waals surface area contributed by atoms with E-state index in [1.807, 2.05) is 13.0 Å². The Kier molecular flexibility index (Phi) is 10.9. The Balaban J connectivity index is 0.00000153. The van der Waals surface area contributed by atoms with Crippen LogP contribution in [0.15, 0.2) is 34.0 Å². The summed E-state index contributed by atoms with van der Waals surface area (Å²) in [7, 11) is 3.55. The predicted molar refractivity (Wildman–Crippen MR) is 158 cm³/mol. The number of carbonyl (C=O) groups excluding carboxylic acids is 2. The minimum absolute atomic E-state index is 0. The summed E-state index contributed by atoms with van der Waals surface area (Å²) in [6, 6.07) is 1.86. The van der Waals surface area contributed by atoms with Crippen molar-refractivity contribution in [3.63, 3.8) is 0 Å². The van der Waals surface area contributed by atoms with Gasteiger partial charge < -0.3 is 31.5 Å². The highest BCUT2D eigenvalue weighted by atomic mass is 32.2. The van der Waals surface area contributed by atoms with Gasteiger partial charge in [0.15, 0.2) is 5.11 Å². The lowest BCUT2D eigenvalue weighted by Gasteiger charge is -2.27. The highest BCUT2D eigenvalue weighted by molar-refractivity contribution is 8.04. The summed E-state index contributed by atoms with van der Waals surface area (Å²) in [5.74, 6) is 0.320. The van der Waals surface area contributed by atoms with E-state index in [-0.39, 0.29) is 21.0 Å². The van der Waals surface area contributed by atoms with Crippen LogP contribution in [-0.2, 0) is 9.59 Å². The first kappa shape index (κ1) is 29.0. The van der Waals surface area contributed by atoms with Crippen molar-refractivity contribution in [3.05, 3.63) is 34.0 Å². The molecular weight excluding hydrogens is 506 g/mol. The van der Waals surface area contributed by atoms with E-state index < -0.39 is 5.91 Å². The van der Waals surface area contributed by atoms with Crippen molar-refractivity contribution in [1.82, 2.24) is 25.8 Å². The number of allylic oxidation sites excluding steroid dienone is 3. The first-order chi connectivity index (χ1) is 17.8. The average Bonchev–Trinajstić information content (AvgIpc) is 3.66. The van der Waals surface area contributed by atoms with Crippen molar-refractivity contribution >= 4 is 40.9 Å². The van der Waals surface area contributed by atoms with Gasteiger partial charge in [-0.05, 0) is 69.9 Å². The fraction of sp³-hybridized carbons (Fsp3) is 0.615. The highest BCUT2D eigenvalue weighted by Gasteiger charge is 2.45. The molecule has 3 unspecified atom stereocenters. The molecule has 208 valence electrons. The summed E-state index contributed by atoms with van der Waals surface area (Å²) in [5.41, 5.74) is 7.96. The molecule has 3 atom stereocenters. The van der Waals surface area contributed by atoms with Gasteiger partial charge in [-0.15, -0.1) is 0 Å². The van der Waals surface area contributed by atoms with E-state index in [0.29, 0.717) is 35.1 Å². The van der Waals surface area contributed by atoms with Crippen LogP contribution in [0.3, 0.4) is 0 Å². The summed E-state index contributed by atoms with van der Waals surface area (Å²) >= 11 is 5.90. The first-order valence-electron chi connectivity index (χ1n) is 13.0. The van der Waals surface area contributed by atoms with Crippen LogP contribution in [0.1, 0.15) is 43.3 Å². The molecule has 4 rings (SSSR count). The summed E-state index contributed by atoms with van der Waals surface area (Å²) in [6.07, 6.45) is 10.8. The molecule has 4 aliphatic rings. The largest absolute Gasteiger partial charge is 0.386 e. The molecule has 2 heterocycles. The maximum absolute atomic E-state index is 12.8. The zero-order chi connectivity index (χ0) is 26.9. The predicted octanol–water partition coefficient (Wildman–Crippen LogP) is 2.54. The molecule has 2 aliphatic carbocycles. The lowest BCUT2D eigenvalue weighted by Crippen LogP contribution is -2.35. The number of hydrogen-bond acceptors (Lipinski definition) is 7. The standard InChI is InChI=1S/C23H31N5O2S.C3H8N2S.3H2/c1-2-28-22(30)20(31-23(28)18(13-24)21(25)29)14-26-19-7-6-15(16-12-17(16)19)8-11-27-9-4-3-5-10-27;1-4-3(6)5-2;;;/h6-7,16-17,20,26H,2-5,8-12,14H2,1H3,(H2,25,29);1-2H3,(H2,4,5,6);3*1H/b23-18-;;;;. The van der Waals surface area contributed by atoms with E-state index in [0.717, 1.165) is 6.42 Å². The van der Waals surface area contributed by atoms with Crippen LogP contribution in [0, 0.1) is 23.2 Å². The molecule has 0 radical (unpaired) electrons. The van der Waals surface area contributed by atoms with Crippen LogP contribution in [0.2, 0.25) is 0 Å². The number of amides is 2. The minimum Gasteiger partial charge on any atom is -0.386 e. The number of nitrogens with two attached hydrogens (primary N) is 1. The molecule has 0 aromatic carbocycles. The number of thiocarbonyl (C=S) groups is 1. The van der Waals surface area contributed by atoms with Crippen molar-refractivity contribution in [2.75, 3.05) is 46.8 Å². The van der Waals surface area contributed by atoms with Gasteiger partial charge in [0.25, 0.3) is 5.91 Å². The molecule has 37 heavy (non-hydrogen) atoms. The molecule has 11 heteroatoms. The van der Waals surface area contributed by atoms with Crippen molar-refractivity contribution in [1.29, 1.82) is 5.26 Å². The van der Waals surface area contributed by atoms with Crippen LogP contribution in [-0.4, -0.2) is 78.8 Å². The molecule has 0 aromatic heterocycles. The van der Waals surface area contributed by atoms with Crippen LogP contribution in [0.4, 0.5) is 0 Å². The fourth-order valence-electron chi connectivity index (χ4n) is 5.01. The SMILES string of the molecule is CCN1C(=O)C(CNC2=CC=C(CCN3CCCCC3)C3CC23)S/C1=C(/C#N)C(N)=O.CNC(=S)NC.[HH].[HH].[HH]. The topological polar surface area (TPSA) is 127 Å². The molecule has 0 aromatic rings. The zero-order valence-corrected chi connectivity index (χ0v) is 23.6. The molecule has 1 saturated carbocycles. The Hall–Kier alpha value is -2.55. The third-order valence-electron chi connectivity index (χ3n) is 7.18. The van der Waals surface area contributed by atoms with Gasteiger partial charge in [0.05, 0.1) is 0 Å². The van der Waals surface area contributed by atoms with E-state index in [9.17, 15) is 14.9 Å². The Morgan fingerprint density at radius 3 is 2.51 bits per heavy atom. The maximum Gasteiger partial charge on any atom is 0.262 e. The molecule has 2 amide bonds. The monoisotopic (exact) mass is 551 g/mol. The lowest BCUT2D eigenvalue weighted by molar-refractivity contribution is -0.127. The van der Waals surface area contributed by atoms with E-state index in [1.54, 1.807) is 19.7 Å². The van der Waals surface area contributed by atoms with Crippen molar-refractivity contribution in [3.8, 4) is 6.07 Å². The molecular formula is C26H45N7O2S2. The quantitative estimate of drug-likeness (QED) is 0.204. The van der Waals surface area contributed by atoms with Gasteiger partial charge in [-0.25, -0.2) is 0 Å². The number of piperidine rings is 1. The van der Waals surface area contributed by atoms with E-state index in [1.165, 1.54) is 67.7 Å². The molecule has 0 spiro atoms. The number of fused-ring (bicyclic) bond motifs is 1. The van der Waals surface area contributed by atoms with Gasteiger partial charge in [-0.3, -0.25) is 9.59 Å². The van der Waals surface area contributed by atoms with Crippen LogP contribution < -0.4 is 21.7 Å². The van der Waals surface area contributed by atoms with Gasteiger partial charge in [0, 0.05) is 49.6 Å². The van der Waals surface area contributed by atoms with Crippen molar-refractivity contribution < 1.29 is 13.9 Å². The number of nitriles is 1. The number of primary amides is 1. The molecule has 2 saturated heterocycles. The zero-order valence-electron chi connectivity index (χ0n) is 22.0. The number of nitrogens with zero attached hydrogens (tertiary/aromatic N) is 3. The molecule has 3 fully saturated rings. The number of rotatable bonds is 8. The third-order valence-corrected chi connectivity index (χ3v) is 8.89. The third kappa shape index (κ3) is 7.49. The number of hydrogen-bond donors (Lipinski definition) is 4. The normalized spacial score (nSPS) is 25.9. The number of carbonyl (C=O) groups is 2. The van der Waals surface area contributed by atoms with Crippen LogP contribution in [0.25, 0.3) is 0 Å². The Bertz CT molecular complexity index is 1020. The fourth-order valence-corrected chi connectivity index (χ4v) is 6.28. The van der Waals surface area contributed by atoms with Crippen molar-refractivity contribution in [2.24, 2.45) is 17.6 Å². The summed E-state index contributed by atoms with van der Waals surface area (Å²) in [6.45, 7) is 6.37. The van der Waals surface area contributed by atoms with Gasteiger partial charge in [-0.2, -0.15) is 5.26 Å². The van der Waals surface area contributed by atoms with Crippen LogP contribution in [0.5, 0.6) is 0 Å². The second-order valence-electron chi connectivity index (χ2n) is 9.52. The van der Waals surface area contributed by atoms with Gasteiger partial charge in [0.2, 0.25) is 5.91 Å². The van der Waals surface area contributed by atoms with Gasteiger partial charge in [-0.1, -0.05) is 29.8 Å². The van der Waals surface area contributed by atoms with Gasteiger partial charge >= 0.3 is 0 Å². The highest BCUT2D eigenvalue weighted by Crippen LogP contribution is 2.51. The number of likely N-dealkylation sites (tertiary alicyclic amines) is 1. The molecule has 9 nitrogen and oxygen atoms in total. The maximum atomic E-state index is 12.8. The van der Waals surface area contributed by atoms with Crippen LogP contribution >= 0.6 is 24.0 Å². The summed E-state index contributed by atoms with van der Waals surface area (Å²) in [4.78, 5) is 28.4. The molecule has 5 N–H and O–H groups in total. The van der Waals surface area contributed by atoms with Crippen molar-refractivity contribution in [2.45, 2.75) is 44.3 Å². The van der Waals surface area contributed by atoms with E-state index in [2.05, 4.69) is 45.2 Å². The van der Waals surface area contributed by atoms with E-state index in [4.69, 9.17) is 5.73 Å². The Morgan fingerprint density at radius 2 is 1.95 bits per heavy atom. The second kappa shape index (κ2) is 13.8. The first-order valence-corrected chi connectivity index (χ1v) is 14.3. The lowest BCUT2D eigenvalue weighted by atomic mass is 9.99. The molecule has 2 aliphatic heterocycles. The Labute approximate surface area is 234 Å². The average molecular weight is 552 g/mol. The Morgan fingerprint density at radius 1 is 1.24 bits per heavy atom. The number of thioether (sulfide) groups is 1. The summed E-state index contributed by atoms with van der Waals surface area (Å²) < 4.78 is 0.